The fourth-order valence-electron chi connectivity index (χ4n) is 2.97. The molecule has 1 aliphatic rings. The van der Waals surface area contributed by atoms with Crippen LogP contribution >= 0.6 is 0 Å². The number of amides is 3. The first-order valence-corrected chi connectivity index (χ1v) is 9.08. The second-order valence-corrected chi connectivity index (χ2v) is 7.18. The second kappa shape index (κ2) is 8.82. The van der Waals surface area contributed by atoms with Gasteiger partial charge in [-0.05, 0) is 18.8 Å². The molecule has 0 fully saturated rings. The number of oxazole rings is 1. The van der Waals surface area contributed by atoms with Crippen molar-refractivity contribution in [2.75, 3.05) is 6.54 Å². The van der Waals surface area contributed by atoms with E-state index in [-0.39, 0.29) is 24.7 Å². The number of hydrogen-bond acceptors (Lipinski definition) is 5. The number of nitrogens with one attached hydrogen (secondary N) is 1. The van der Waals surface area contributed by atoms with Crippen LogP contribution in [0.2, 0.25) is 0 Å². The van der Waals surface area contributed by atoms with Gasteiger partial charge in [0.05, 0.1) is 6.54 Å². The van der Waals surface area contributed by atoms with Gasteiger partial charge in [0.1, 0.15) is 17.5 Å². The zero-order chi connectivity index (χ0) is 19.3. The maximum Gasteiger partial charge on any atom is 0.245 e. The Labute approximate surface area is 153 Å². The maximum absolute atomic E-state index is 12.8. The molecule has 0 aliphatic carbocycles. The van der Waals surface area contributed by atoms with Crippen molar-refractivity contribution in [3.63, 3.8) is 0 Å². The topological polar surface area (TPSA) is 119 Å². The van der Waals surface area contributed by atoms with Crippen molar-refractivity contribution in [2.45, 2.75) is 65.5 Å². The second-order valence-electron chi connectivity index (χ2n) is 7.18. The minimum atomic E-state index is -0.756. The number of aromatic nitrogens is 1. The van der Waals surface area contributed by atoms with Crippen LogP contribution in [0.25, 0.3) is 0 Å². The molecule has 144 valence electrons. The SMILES string of the molecule is CC(=O)N[C@@H](CCC(N)=O)C(=O)N1CCc2oc(CCC(C)C)nc2C1. The van der Waals surface area contributed by atoms with Gasteiger partial charge in [0.15, 0.2) is 5.89 Å². The molecule has 0 radical (unpaired) electrons. The number of primary amides is 1. The molecule has 0 bridgehead atoms. The number of rotatable bonds is 8. The molecule has 2 rings (SSSR count). The highest BCUT2D eigenvalue weighted by molar-refractivity contribution is 5.87. The van der Waals surface area contributed by atoms with E-state index in [2.05, 4.69) is 24.1 Å². The summed E-state index contributed by atoms with van der Waals surface area (Å²) in [5.74, 6) is 1.08. The van der Waals surface area contributed by atoms with E-state index in [9.17, 15) is 14.4 Å². The molecular formula is C18H28N4O4. The third kappa shape index (κ3) is 5.57. The van der Waals surface area contributed by atoms with E-state index in [1.165, 1.54) is 6.92 Å². The van der Waals surface area contributed by atoms with Gasteiger partial charge in [-0.1, -0.05) is 13.8 Å². The highest BCUT2D eigenvalue weighted by atomic mass is 16.4. The van der Waals surface area contributed by atoms with Crippen LogP contribution in [0.3, 0.4) is 0 Å². The summed E-state index contributed by atoms with van der Waals surface area (Å²) in [6.45, 7) is 6.50. The molecule has 0 unspecified atom stereocenters. The molecule has 8 nitrogen and oxygen atoms in total. The van der Waals surface area contributed by atoms with Crippen molar-refractivity contribution in [1.82, 2.24) is 15.2 Å². The van der Waals surface area contributed by atoms with Crippen LogP contribution in [0, 0.1) is 5.92 Å². The summed E-state index contributed by atoms with van der Waals surface area (Å²) in [4.78, 5) is 41.4. The summed E-state index contributed by atoms with van der Waals surface area (Å²) in [7, 11) is 0. The van der Waals surface area contributed by atoms with Gasteiger partial charge in [-0.2, -0.15) is 0 Å². The molecule has 1 aliphatic heterocycles. The van der Waals surface area contributed by atoms with Crippen LogP contribution in [0.4, 0.5) is 0 Å². The highest BCUT2D eigenvalue weighted by Gasteiger charge is 2.30. The first-order chi connectivity index (χ1) is 12.3. The monoisotopic (exact) mass is 364 g/mol. The molecule has 1 atom stereocenters. The molecule has 1 aromatic rings. The van der Waals surface area contributed by atoms with Crippen molar-refractivity contribution < 1.29 is 18.8 Å². The van der Waals surface area contributed by atoms with E-state index in [0.29, 0.717) is 31.3 Å². The zero-order valence-corrected chi connectivity index (χ0v) is 15.7. The molecule has 3 amide bonds. The van der Waals surface area contributed by atoms with Crippen molar-refractivity contribution in [3.8, 4) is 0 Å². The fraction of sp³-hybridized carbons (Fsp3) is 0.667. The van der Waals surface area contributed by atoms with E-state index in [1.807, 2.05) is 0 Å². The Morgan fingerprint density at radius 3 is 2.65 bits per heavy atom. The molecule has 3 N–H and O–H groups in total. The van der Waals surface area contributed by atoms with Crippen molar-refractivity contribution in [2.24, 2.45) is 11.7 Å². The normalized spacial score (nSPS) is 14.8. The maximum atomic E-state index is 12.8. The van der Waals surface area contributed by atoms with Crippen LogP contribution in [-0.4, -0.2) is 40.2 Å². The average molecular weight is 364 g/mol. The number of nitrogens with two attached hydrogens (primary N) is 1. The zero-order valence-electron chi connectivity index (χ0n) is 15.7. The van der Waals surface area contributed by atoms with E-state index >= 15 is 0 Å². The summed E-state index contributed by atoms with van der Waals surface area (Å²) >= 11 is 0. The van der Waals surface area contributed by atoms with E-state index in [4.69, 9.17) is 10.2 Å². The Balaban J connectivity index is 2.03. The van der Waals surface area contributed by atoms with Gasteiger partial charge >= 0.3 is 0 Å². The van der Waals surface area contributed by atoms with Gasteiger partial charge in [0.25, 0.3) is 0 Å². The number of nitrogens with zero attached hydrogens (tertiary/aromatic N) is 2. The van der Waals surface area contributed by atoms with Gasteiger partial charge in [-0.15, -0.1) is 0 Å². The summed E-state index contributed by atoms with van der Waals surface area (Å²) in [6, 6.07) is -0.756. The van der Waals surface area contributed by atoms with Crippen LogP contribution in [0.5, 0.6) is 0 Å². The number of hydrogen-bond donors (Lipinski definition) is 2. The van der Waals surface area contributed by atoms with Gasteiger partial charge in [-0.3, -0.25) is 14.4 Å². The third-order valence-electron chi connectivity index (χ3n) is 4.37. The number of fused-ring (bicyclic) bond motifs is 1. The Hall–Kier alpha value is -2.38. The average Bonchev–Trinajstić information content (AvgIpc) is 2.97. The minimum Gasteiger partial charge on any atom is -0.445 e. The van der Waals surface area contributed by atoms with Gasteiger partial charge < -0.3 is 20.4 Å². The van der Waals surface area contributed by atoms with Crippen molar-refractivity contribution >= 4 is 17.7 Å². The predicted octanol–water partition coefficient (Wildman–Crippen LogP) is 0.918. The summed E-state index contributed by atoms with van der Waals surface area (Å²) in [5.41, 5.74) is 5.94. The number of aryl methyl sites for hydroxylation is 1. The Bertz CT molecular complexity index is 668. The predicted molar refractivity (Wildman–Crippen MR) is 94.8 cm³/mol. The molecule has 0 spiro atoms. The quantitative estimate of drug-likeness (QED) is 0.711. The largest absolute Gasteiger partial charge is 0.445 e. The van der Waals surface area contributed by atoms with Crippen LogP contribution in [0.15, 0.2) is 4.42 Å². The molecule has 2 heterocycles. The van der Waals surface area contributed by atoms with Gasteiger partial charge in [0.2, 0.25) is 17.7 Å². The lowest BCUT2D eigenvalue weighted by Crippen LogP contribution is -2.49. The van der Waals surface area contributed by atoms with Crippen LogP contribution in [-0.2, 0) is 33.8 Å². The molecule has 0 saturated carbocycles. The standard InChI is InChI=1S/C18H28N4O4/c1-11(2)4-7-17-21-14-10-22(9-8-15(14)26-17)18(25)13(20-12(3)23)5-6-16(19)24/h11,13H,4-10H2,1-3H3,(H2,19,24)(H,20,23)/t13-/m0/s1. The lowest BCUT2D eigenvalue weighted by molar-refractivity contribution is -0.137. The van der Waals surface area contributed by atoms with Crippen molar-refractivity contribution in [3.05, 3.63) is 17.3 Å². The summed E-state index contributed by atoms with van der Waals surface area (Å²) in [6.07, 6.45) is 2.61. The summed E-state index contributed by atoms with van der Waals surface area (Å²) < 4.78 is 5.81. The summed E-state index contributed by atoms with van der Waals surface area (Å²) in [5, 5.41) is 2.61. The molecule has 0 aromatic carbocycles. The Morgan fingerprint density at radius 2 is 2.04 bits per heavy atom. The molecule has 8 heteroatoms. The highest BCUT2D eigenvalue weighted by Crippen LogP contribution is 2.22. The minimum absolute atomic E-state index is 0.0408. The first kappa shape index (κ1) is 19.9. The number of carbonyl (C=O) groups excluding carboxylic acids is 3. The first-order valence-electron chi connectivity index (χ1n) is 9.08. The number of carbonyl (C=O) groups is 3. The smallest absolute Gasteiger partial charge is 0.245 e. The molecule has 26 heavy (non-hydrogen) atoms. The van der Waals surface area contributed by atoms with E-state index < -0.39 is 11.9 Å². The van der Waals surface area contributed by atoms with Crippen LogP contribution in [0.1, 0.15) is 57.4 Å². The Morgan fingerprint density at radius 1 is 1.31 bits per heavy atom. The van der Waals surface area contributed by atoms with E-state index in [1.54, 1.807) is 4.90 Å². The van der Waals surface area contributed by atoms with Gasteiger partial charge in [0, 0.05) is 32.7 Å². The lowest BCUT2D eigenvalue weighted by atomic mass is 10.1. The molecular weight excluding hydrogens is 336 g/mol. The van der Waals surface area contributed by atoms with E-state index in [0.717, 1.165) is 24.3 Å². The van der Waals surface area contributed by atoms with Gasteiger partial charge in [-0.25, -0.2) is 4.98 Å². The third-order valence-corrected chi connectivity index (χ3v) is 4.37. The molecule has 1 aromatic heterocycles. The molecule has 0 saturated heterocycles. The van der Waals surface area contributed by atoms with Crippen molar-refractivity contribution in [1.29, 1.82) is 0 Å². The lowest BCUT2D eigenvalue weighted by Gasteiger charge is -2.29. The Kier molecular flexibility index (Phi) is 6.76. The fourth-order valence-corrected chi connectivity index (χ4v) is 2.97. The van der Waals surface area contributed by atoms with Crippen LogP contribution < -0.4 is 11.1 Å².